The fraction of sp³-hybridized carbons (Fsp3) is 0.333. The first kappa shape index (κ1) is 27.1. The fourth-order valence-corrected chi connectivity index (χ4v) is 7.60. The minimum Gasteiger partial charge on any atom is -0.440 e. The summed E-state index contributed by atoms with van der Waals surface area (Å²) in [6, 6.07) is 19.4. The second-order valence-electron chi connectivity index (χ2n) is 11.0. The maximum atomic E-state index is 13.2. The number of hydrogen-bond donors (Lipinski definition) is 1. The van der Waals surface area contributed by atoms with E-state index in [1.54, 1.807) is 17.4 Å². The molecule has 0 spiro atoms. The van der Waals surface area contributed by atoms with Crippen LogP contribution in [0.1, 0.15) is 24.9 Å². The molecule has 2 aliphatic heterocycles. The maximum absolute atomic E-state index is 13.2. The lowest BCUT2D eigenvalue weighted by Crippen LogP contribution is -2.50. The van der Waals surface area contributed by atoms with Gasteiger partial charge in [-0.1, -0.05) is 43.3 Å². The van der Waals surface area contributed by atoms with Crippen molar-refractivity contribution in [3.63, 3.8) is 0 Å². The first-order chi connectivity index (χ1) is 20.5. The summed E-state index contributed by atoms with van der Waals surface area (Å²) in [4.78, 5) is 30.3. The predicted molar refractivity (Wildman–Crippen MR) is 167 cm³/mol. The number of fused-ring (bicyclic) bond motifs is 4. The molecule has 5 aromatic rings. The van der Waals surface area contributed by atoms with Crippen molar-refractivity contribution in [2.24, 2.45) is 5.73 Å². The maximum Gasteiger partial charge on any atom is 0.239 e. The molecule has 0 bridgehead atoms. The molecule has 1 unspecified atom stereocenters. The number of hydrogen-bond acceptors (Lipinski definition) is 8. The van der Waals surface area contributed by atoms with Crippen molar-refractivity contribution < 1.29 is 18.7 Å². The number of primary amides is 1. The number of rotatable bonds is 6. The summed E-state index contributed by atoms with van der Waals surface area (Å²) in [6.45, 7) is 6.53. The van der Waals surface area contributed by atoms with Gasteiger partial charge in [0.25, 0.3) is 0 Å². The zero-order valence-electron chi connectivity index (χ0n) is 23.5. The highest BCUT2D eigenvalue weighted by atomic mass is 32.1. The van der Waals surface area contributed by atoms with Gasteiger partial charge < -0.3 is 24.5 Å². The van der Waals surface area contributed by atoms with Gasteiger partial charge in [0.1, 0.15) is 11.6 Å². The molecule has 3 aromatic carbocycles. The Hall–Kier alpha value is -3.76. The Bertz CT molecular complexity index is 1860. The van der Waals surface area contributed by atoms with E-state index in [1.807, 2.05) is 30.3 Å². The molecule has 0 saturated carbocycles. The SMILES string of the molecule is CC[C@@H]1COCCN1C(C(N)=O)c1ccc2sc3c(-c4cccc5c(=O)cc(N6CCOCC6)oc45)cccc3c2c1. The minimum absolute atomic E-state index is 0.0567. The summed E-state index contributed by atoms with van der Waals surface area (Å²) in [6.07, 6.45) is 0.880. The van der Waals surface area contributed by atoms with Gasteiger partial charge in [-0.25, -0.2) is 0 Å². The van der Waals surface area contributed by atoms with E-state index in [-0.39, 0.29) is 17.4 Å². The van der Waals surface area contributed by atoms with Crippen LogP contribution in [0.2, 0.25) is 0 Å². The molecule has 9 heteroatoms. The zero-order chi connectivity index (χ0) is 28.8. The average molecular weight is 584 g/mol. The van der Waals surface area contributed by atoms with E-state index in [4.69, 9.17) is 19.6 Å². The predicted octanol–water partition coefficient (Wildman–Crippen LogP) is 5.30. The number of morpholine rings is 2. The van der Waals surface area contributed by atoms with Crippen molar-refractivity contribution in [2.45, 2.75) is 25.4 Å². The molecule has 2 atom stereocenters. The molecule has 0 radical (unpaired) electrons. The van der Waals surface area contributed by atoms with Crippen molar-refractivity contribution in [1.29, 1.82) is 0 Å². The molecule has 2 N–H and O–H groups in total. The van der Waals surface area contributed by atoms with Gasteiger partial charge >= 0.3 is 0 Å². The van der Waals surface area contributed by atoms with Gasteiger partial charge in [-0.2, -0.15) is 0 Å². The Labute approximate surface area is 247 Å². The number of ether oxygens (including phenoxy) is 2. The van der Waals surface area contributed by atoms with E-state index in [0.29, 0.717) is 62.9 Å². The molecule has 2 saturated heterocycles. The monoisotopic (exact) mass is 583 g/mol. The van der Waals surface area contributed by atoms with Gasteiger partial charge in [-0.05, 0) is 30.2 Å². The van der Waals surface area contributed by atoms with Gasteiger partial charge in [0.05, 0.1) is 31.8 Å². The van der Waals surface area contributed by atoms with Crippen LogP contribution in [0.15, 0.2) is 69.9 Å². The lowest BCUT2D eigenvalue weighted by Gasteiger charge is -2.39. The van der Waals surface area contributed by atoms with Crippen LogP contribution in [0, 0.1) is 0 Å². The van der Waals surface area contributed by atoms with Crippen LogP contribution in [-0.4, -0.2) is 62.9 Å². The third-order valence-corrected chi connectivity index (χ3v) is 9.76. The first-order valence-electron chi connectivity index (χ1n) is 14.5. The van der Waals surface area contributed by atoms with Crippen LogP contribution in [0.25, 0.3) is 42.3 Å². The molecule has 42 heavy (non-hydrogen) atoms. The number of anilines is 1. The summed E-state index contributed by atoms with van der Waals surface area (Å²) in [5.41, 5.74) is 9.33. The number of carbonyl (C=O) groups is 1. The Balaban J connectivity index is 1.36. The Morgan fingerprint density at radius 2 is 1.71 bits per heavy atom. The van der Waals surface area contributed by atoms with Crippen LogP contribution < -0.4 is 16.1 Å². The van der Waals surface area contributed by atoms with E-state index in [0.717, 1.165) is 43.3 Å². The third-order valence-electron chi connectivity index (χ3n) is 8.54. The van der Waals surface area contributed by atoms with Gasteiger partial charge in [-0.15, -0.1) is 11.3 Å². The van der Waals surface area contributed by atoms with E-state index in [1.165, 1.54) is 0 Å². The number of para-hydroxylation sites is 1. The molecule has 2 aliphatic rings. The highest BCUT2D eigenvalue weighted by Gasteiger charge is 2.33. The first-order valence-corrected chi connectivity index (χ1v) is 15.3. The molecule has 4 heterocycles. The van der Waals surface area contributed by atoms with E-state index in [2.05, 4.69) is 41.0 Å². The van der Waals surface area contributed by atoms with Crippen molar-refractivity contribution >= 4 is 54.3 Å². The molecule has 7 rings (SSSR count). The zero-order valence-corrected chi connectivity index (χ0v) is 24.3. The summed E-state index contributed by atoms with van der Waals surface area (Å²) < 4.78 is 19.9. The molecular formula is C33H33N3O5S. The quantitative estimate of drug-likeness (QED) is 0.290. The number of benzene rings is 3. The fourth-order valence-electron chi connectivity index (χ4n) is 6.39. The van der Waals surface area contributed by atoms with Gasteiger partial charge in [0, 0.05) is 63.0 Å². The number of thiophene rings is 1. The van der Waals surface area contributed by atoms with E-state index < -0.39 is 6.04 Å². The number of amides is 1. The smallest absolute Gasteiger partial charge is 0.239 e. The van der Waals surface area contributed by atoms with Gasteiger partial charge in [0.2, 0.25) is 5.91 Å². The van der Waals surface area contributed by atoms with E-state index in [9.17, 15) is 9.59 Å². The number of nitrogens with two attached hydrogens (primary N) is 1. The normalized spacial score (nSPS) is 19.1. The largest absolute Gasteiger partial charge is 0.440 e. The lowest BCUT2D eigenvalue weighted by atomic mass is 9.97. The molecule has 1 amide bonds. The number of nitrogens with zero attached hydrogens (tertiary/aromatic N) is 2. The van der Waals surface area contributed by atoms with Crippen LogP contribution in [0.3, 0.4) is 0 Å². The van der Waals surface area contributed by atoms with Crippen molar-refractivity contribution in [1.82, 2.24) is 4.90 Å². The van der Waals surface area contributed by atoms with Crippen molar-refractivity contribution in [3.05, 3.63) is 76.5 Å². The van der Waals surface area contributed by atoms with Crippen molar-refractivity contribution in [2.75, 3.05) is 51.0 Å². The van der Waals surface area contributed by atoms with Crippen LogP contribution in [0.5, 0.6) is 0 Å². The number of carbonyl (C=O) groups excluding carboxylic acids is 1. The van der Waals surface area contributed by atoms with E-state index >= 15 is 0 Å². The van der Waals surface area contributed by atoms with Crippen LogP contribution >= 0.6 is 11.3 Å². The van der Waals surface area contributed by atoms with Crippen LogP contribution in [-0.2, 0) is 14.3 Å². The van der Waals surface area contributed by atoms with Crippen LogP contribution in [0.4, 0.5) is 5.88 Å². The summed E-state index contributed by atoms with van der Waals surface area (Å²) in [5.74, 6) is 0.221. The topological polar surface area (TPSA) is 98.2 Å². The third kappa shape index (κ3) is 4.66. The second-order valence-corrected chi connectivity index (χ2v) is 12.0. The molecule has 2 aromatic heterocycles. The minimum atomic E-state index is -0.521. The van der Waals surface area contributed by atoms with Gasteiger partial charge in [0.15, 0.2) is 11.3 Å². The molecule has 2 fully saturated rings. The van der Waals surface area contributed by atoms with Gasteiger partial charge in [-0.3, -0.25) is 14.5 Å². The Morgan fingerprint density at radius 3 is 2.50 bits per heavy atom. The van der Waals surface area contributed by atoms with Crippen molar-refractivity contribution in [3.8, 4) is 11.1 Å². The average Bonchev–Trinajstić information content (AvgIpc) is 3.40. The summed E-state index contributed by atoms with van der Waals surface area (Å²) in [7, 11) is 0. The Morgan fingerprint density at radius 1 is 0.952 bits per heavy atom. The molecular weight excluding hydrogens is 550 g/mol. The lowest BCUT2D eigenvalue weighted by molar-refractivity contribution is -0.127. The highest BCUT2D eigenvalue weighted by molar-refractivity contribution is 7.26. The Kier molecular flexibility index (Phi) is 7.19. The molecule has 216 valence electrons. The summed E-state index contributed by atoms with van der Waals surface area (Å²) >= 11 is 1.70. The summed E-state index contributed by atoms with van der Waals surface area (Å²) in [5, 5.41) is 2.73. The molecule has 8 nitrogen and oxygen atoms in total. The molecule has 0 aliphatic carbocycles. The second kappa shape index (κ2) is 11.1. The highest BCUT2D eigenvalue weighted by Crippen LogP contribution is 2.43. The standard InChI is InChI=1S/C33H33N3O5S/c1-2-21-19-40-16-13-36(21)30(33(34)38)20-9-10-28-26(17-20)24-7-4-6-23(32(24)42-28)22-5-3-8-25-27(37)18-29(41-31(22)25)35-11-14-39-15-12-35/h3-10,17-18,21,30H,2,11-16,19H2,1H3,(H2,34,38)/t21-,30?/m1/s1.